The number of hydrazone groups is 1. The van der Waals surface area contributed by atoms with Gasteiger partial charge in [0, 0.05) is 24.9 Å². The Morgan fingerprint density at radius 2 is 1.96 bits per heavy atom. The lowest BCUT2D eigenvalue weighted by atomic mass is 10.0. The maximum absolute atomic E-state index is 11.9. The van der Waals surface area contributed by atoms with E-state index in [2.05, 4.69) is 36.1 Å². The molecule has 1 atom stereocenters. The molecule has 23 heavy (non-hydrogen) atoms. The topological polar surface area (TPSA) is 54.8 Å². The maximum Gasteiger partial charge on any atom is 0.243 e. The molecule has 0 spiro atoms. The number of benzene rings is 1. The molecule has 0 saturated heterocycles. The minimum atomic E-state index is -0.538. The van der Waals surface area contributed by atoms with E-state index in [4.69, 9.17) is 4.74 Å². The van der Waals surface area contributed by atoms with Crippen LogP contribution in [0.4, 0.5) is 0 Å². The van der Waals surface area contributed by atoms with Gasteiger partial charge in [0.05, 0.1) is 5.56 Å². The monoisotopic (exact) mass is 309 g/mol. The van der Waals surface area contributed by atoms with Gasteiger partial charge in [0.1, 0.15) is 0 Å². The van der Waals surface area contributed by atoms with Crippen LogP contribution >= 0.6 is 0 Å². The normalized spacial score (nSPS) is 17.1. The smallest absolute Gasteiger partial charge is 0.243 e. The first-order valence-corrected chi connectivity index (χ1v) is 7.61. The van der Waals surface area contributed by atoms with Gasteiger partial charge in [-0.25, -0.2) is 0 Å². The second kappa shape index (κ2) is 6.20. The highest BCUT2D eigenvalue weighted by molar-refractivity contribution is 5.96. The zero-order valence-electron chi connectivity index (χ0n) is 13.4. The molecule has 0 fully saturated rings. The van der Waals surface area contributed by atoms with Crippen LogP contribution in [0.2, 0.25) is 0 Å². The molecule has 2 heterocycles. The van der Waals surface area contributed by atoms with Crippen molar-refractivity contribution in [3.8, 4) is 0 Å². The number of hydrogen-bond acceptors (Lipinski definition) is 4. The second-order valence-corrected chi connectivity index (χ2v) is 5.80. The van der Waals surface area contributed by atoms with Crippen molar-refractivity contribution in [1.29, 1.82) is 0 Å². The summed E-state index contributed by atoms with van der Waals surface area (Å²) in [4.78, 5) is 16.0. The van der Waals surface area contributed by atoms with Gasteiger partial charge in [-0.05, 0) is 23.6 Å². The largest absolute Gasteiger partial charge is 0.446 e. The van der Waals surface area contributed by atoms with Crippen LogP contribution in [0.3, 0.4) is 0 Å². The summed E-state index contributed by atoms with van der Waals surface area (Å²) in [5.41, 5.74) is 2.89. The van der Waals surface area contributed by atoms with E-state index in [1.165, 1.54) is 17.5 Å². The lowest BCUT2D eigenvalue weighted by Crippen LogP contribution is -2.25. The fraction of sp³-hybridized carbons (Fsp3) is 0.278. The highest BCUT2D eigenvalue weighted by Crippen LogP contribution is 2.30. The quantitative estimate of drug-likeness (QED) is 0.872. The summed E-state index contributed by atoms with van der Waals surface area (Å²) in [6.45, 7) is 5.77. The van der Waals surface area contributed by atoms with Crippen LogP contribution in [0.5, 0.6) is 0 Å². The molecule has 0 unspecified atom stereocenters. The van der Waals surface area contributed by atoms with Gasteiger partial charge in [0.25, 0.3) is 0 Å². The number of amides is 1. The third-order valence-electron chi connectivity index (χ3n) is 3.76. The van der Waals surface area contributed by atoms with E-state index < -0.39 is 6.23 Å². The van der Waals surface area contributed by atoms with Crippen molar-refractivity contribution in [1.82, 2.24) is 9.99 Å². The van der Waals surface area contributed by atoms with Crippen LogP contribution in [0.15, 0.2) is 53.9 Å². The van der Waals surface area contributed by atoms with Crippen molar-refractivity contribution in [3.05, 3.63) is 65.5 Å². The van der Waals surface area contributed by atoms with Gasteiger partial charge in [-0.15, -0.1) is 5.10 Å². The zero-order valence-corrected chi connectivity index (χ0v) is 13.4. The first-order chi connectivity index (χ1) is 11.1. The highest BCUT2D eigenvalue weighted by atomic mass is 16.5. The second-order valence-electron chi connectivity index (χ2n) is 5.80. The van der Waals surface area contributed by atoms with E-state index in [1.807, 2.05) is 24.3 Å². The van der Waals surface area contributed by atoms with Gasteiger partial charge in [-0.1, -0.05) is 38.1 Å². The summed E-state index contributed by atoms with van der Waals surface area (Å²) >= 11 is 0. The van der Waals surface area contributed by atoms with Gasteiger partial charge in [-0.2, -0.15) is 5.01 Å². The standard InChI is InChI=1S/C18H19N3O2/c1-12(2)14-6-8-15(9-7-14)18-21(13(3)22)20-17(23-18)16-5-4-10-19-11-16/h4-12,18H,1-3H3/t18-/m1/s1. The van der Waals surface area contributed by atoms with E-state index in [1.54, 1.807) is 12.4 Å². The Kier molecular flexibility index (Phi) is 4.10. The van der Waals surface area contributed by atoms with Gasteiger partial charge >= 0.3 is 0 Å². The van der Waals surface area contributed by atoms with Crippen LogP contribution in [0.25, 0.3) is 0 Å². The molecule has 0 saturated carbocycles. The fourth-order valence-electron chi connectivity index (χ4n) is 2.43. The molecule has 5 heteroatoms. The lowest BCUT2D eigenvalue weighted by molar-refractivity contribution is -0.135. The minimum Gasteiger partial charge on any atom is -0.446 e. The average molecular weight is 309 g/mol. The third kappa shape index (κ3) is 3.08. The molecule has 2 aromatic rings. The summed E-state index contributed by atoms with van der Waals surface area (Å²) in [6.07, 6.45) is 2.81. The number of nitrogens with zero attached hydrogens (tertiary/aromatic N) is 3. The Balaban J connectivity index is 1.89. The number of carbonyl (C=O) groups is 1. The summed E-state index contributed by atoms with van der Waals surface area (Å²) in [5, 5.41) is 5.68. The summed E-state index contributed by atoms with van der Waals surface area (Å²) in [5.74, 6) is 0.702. The van der Waals surface area contributed by atoms with Crippen molar-refractivity contribution in [3.63, 3.8) is 0 Å². The maximum atomic E-state index is 11.9. The van der Waals surface area contributed by atoms with E-state index >= 15 is 0 Å². The Bertz CT molecular complexity index is 724. The first kappa shape index (κ1) is 15.2. The van der Waals surface area contributed by atoms with Gasteiger partial charge in [0.2, 0.25) is 18.0 Å². The van der Waals surface area contributed by atoms with Crippen LogP contribution in [-0.4, -0.2) is 21.8 Å². The third-order valence-corrected chi connectivity index (χ3v) is 3.76. The average Bonchev–Trinajstić information content (AvgIpc) is 3.01. The molecule has 0 N–H and O–H groups in total. The van der Waals surface area contributed by atoms with Gasteiger partial charge < -0.3 is 4.74 Å². The Labute approximate surface area is 135 Å². The van der Waals surface area contributed by atoms with Crippen LogP contribution in [0, 0.1) is 0 Å². The first-order valence-electron chi connectivity index (χ1n) is 7.61. The Hall–Kier alpha value is -2.69. The molecule has 1 aliphatic heterocycles. The predicted octanol–water partition coefficient (Wildman–Crippen LogP) is 3.44. The van der Waals surface area contributed by atoms with E-state index in [0.717, 1.165) is 11.1 Å². The lowest BCUT2D eigenvalue weighted by Gasteiger charge is -2.19. The molecule has 1 aromatic heterocycles. The van der Waals surface area contributed by atoms with Crippen LogP contribution < -0.4 is 0 Å². The van der Waals surface area contributed by atoms with E-state index in [0.29, 0.717) is 11.8 Å². The SMILES string of the molecule is CC(=O)N1N=C(c2cccnc2)O[C@@H]1c1ccc(C(C)C)cc1. The van der Waals surface area contributed by atoms with Crippen LogP contribution in [0.1, 0.15) is 49.6 Å². The molecular formula is C18H19N3O2. The van der Waals surface area contributed by atoms with Crippen molar-refractivity contribution in [2.45, 2.75) is 32.9 Å². The van der Waals surface area contributed by atoms with Crippen LogP contribution in [-0.2, 0) is 9.53 Å². The Morgan fingerprint density at radius 3 is 2.52 bits per heavy atom. The van der Waals surface area contributed by atoms with Crippen molar-refractivity contribution < 1.29 is 9.53 Å². The van der Waals surface area contributed by atoms with Crippen molar-refractivity contribution in [2.24, 2.45) is 5.10 Å². The molecule has 1 aliphatic rings. The molecule has 1 amide bonds. The Morgan fingerprint density at radius 1 is 1.22 bits per heavy atom. The molecule has 0 bridgehead atoms. The molecule has 1 aromatic carbocycles. The van der Waals surface area contributed by atoms with Crippen molar-refractivity contribution >= 4 is 11.8 Å². The van der Waals surface area contributed by atoms with Gasteiger partial charge in [0.15, 0.2) is 0 Å². The number of hydrogen-bond donors (Lipinski definition) is 0. The van der Waals surface area contributed by atoms with Crippen molar-refractivity contribution in [2.75, 3.05) is 0 Å². The zero-order chi connectivity index (χ0) is 16.4. The van der Waals surface area contributed by atoms with E-state index in [-0.39, 0.29) is 5.91 Å². The molecule has 0 aliphatic carbocycles. The number of aromatic nitrogens is 1. The van der Waals surface area contributed by atoms with E-state index in [9.17, 15) is 4.79 Å². The molecular weight excluding hydrogens is 290 g/mol. The fourth-order valence-corrected chi connectivity index (χ4v) is 2.43. The predicted molar refractivity (Wildman–Crippen MR) is 87.7 cm³/mol. The van der Waals surface area contributed by atoms with Gasteiger partial charge in [-0.3, -0.25) is 9.78 Å². The minimum absolute atomic E-state index is 0.165. The molecule has 118 valence electrons. The summed E-state index contributed by atoms with van der Waals surface area (Å²) in [6, 6.07) is 11.8. The molecule has 3 rings (SSSR count). The summed E-state index contributed by atoms with van der Waals surface area (Å²) < 4.78 is 5.92. The molecule has 5 nitrogen and oxygen atoms in total. The number of rotatable bonds is 3. The summed E-state index contributed by atoms with van der Waals surface area (Å²) in [7, 11) is 0. The number of carbonyl (C=O) groups excluding carboxylic acids is 1. The number of ether oxygens (including phenoxy) is 1. The molecule has 0 radical (unpaired) electrons. The number of pyridine rings is 1. The highest BCUT2D eigenvalue weighted by Gasteiger charge is 2.33.